The Hall–Kier alpha value is -2.37. The molecular formula is C22H32N4O2. The summed E-state index contributed by atoms with van der Waals surface area (Å²) in [6.07, 6.45) is 7.17. The number of nitrogens with zero attached hydrogens (tertiary/aromatic N) is 2. The van der Waals surface area contributed by atoms with Gasteiger partial charge in [0.05, 0.1) is 11.0 Å². The Morgan fingerprint density at radius 1 is 1.18 bits per heavy atom. The van der Waals surface area contributed by atoms with Crippen molar-refractivity contribution in [3.05, 3.63) is 30.1 Å². The summed E-state index contributed by atoms with van der Waals surface area (Å²) in [7, 11) is 0. The zero-order valence-electron chi connectivity index (χ0n) is 17.0. The number of rotatable bonds is 8. The molecule has 0 saturated heterocycles. The average Bonchev–Trinajstić information content (AvgIpc) is 3.02. The lowest BCUT2D eigenvalue weighted by Crippen LogP contribution is -2.34. The smallest absolute Gasteiger partial charge is 0.240 e. The Labute approximate surface area is 167 Å². The second kappa shape index (κ2) is 9.71. The maximum Gasteiger partial charge on any atom is 0.240 e. The normalized spacial score (nSPS) is 15.1. The van der Waals surface area contributed by atoms with Gasteiger partial charge in [-0.1, -0.05) is 31.4 Å². The summed E-state index contributed by atoms with van der Waals surface area (Å²) in [6, 6.07) is 8.01. The van der Waals surface area contributed by atoms with Gasteiger partial charge in [-0.3, -0.25) is 9.59 Å². The highest BCUT2D eigenvalue weighted by atomic mass is 16.2. The molecule has 0 radical (unpaired) electrons. The van der Waals surface area contributed by atoms with Gasteiger partial charge in [-0.2, -0.15) is 0 Å². The van der Waals surface area contributed by atoms with E-state index in [4.69, 9.17) is 4.98 Å². The van der Waals surface area contributed by atoms with Crippen molar-refractivity contribution in [2.24, 2.45) is 5.92 Å². The van der Waals surface area contributed by atoms with E-state index in [-0.39, 0.29) is 30.3 Å². The number of benzene rings is 1. The van der Waals surface area contributed by atoms with Gasteiger partial charge in [0.2, 0.25) is 11.8 Å². The number of carbonyl (C=O) groups excluding carboxylic acids is 2. The van der Waals surface area contributed by atoms with Gasteiger partial charge in [-0.25, -0.2) is 4.98 Å². The Bertz CT molecular complexity index is 806. The van der Waals surface area contributed by atoms with Crippen LogP contribution in [0.15, 0.2) is 24.3 Å². The first-order valence-corrected chi connectivity index (χ1v) is 10.6. The summed E-state index contributed by atoms with van der Waals surface area (Å²) >= 11 is 0. The van der Waals surface area contributed by atoms with Crippen molar-refractivity contribution in [2.45, 2.75) is 71.4 Å². The van der Waals surface area contributed by atoms with Crippen molar-refractivity contribution in [1.82, 2.24) is 20.2 Å². The quantitative estimate of drug-likeness (QED) is 0.686. The minimum atomic E-state index is -0.00926. The SMILES string of the molecule is CC(C)NC(=O)Cn1c(CCCNC(=O)C2CCCCC2)nc2ccccc21. The van der Waals surface area contributed by atoms with E-state index in [1.807, 2.05) is 42.7 Å². The molecule has 2 aromatic rings. The molecule has 0 atom stereocenters. The van der Waals surface area contributed by atoms with Crippen LogP contribution in [0.5, 0.6) is 0 Å². The molecule has 2 amide bonds. The fourth-order valence-electron chi connectivity index (χ4n) is 3.97. The molecule has 6 heteroatoms. The van der Waals surface area contributed by atoms with Crippen molar-refractivity contribution in [3.8, 4) is 0 Å². The molecule has 1 fully saturated rings. The van der Waals surface area contributed by atoms with E-state index < -0.39 is 0 Å². The zero-order valence-corrected chi connectivity index (χ0v) is 17.0. The molecule has 1 aromatic carbocycles. The van der Waals surface area contributed by atoms with Crippen molar-refractivity contribution < 1.29 is 9.59 Å². The zero-order chi connectivity index (χ0) is 19.9. The molecule has 1 saturated carbocycles. The number of aromatic nitrogens is 2. The number of imidazole rings is 1. The van der Waals surface area contributed by atoms with Gasteiger partial charge >= 0.3 is 0 Å². The molecule has 152 valence electrons. The summed E-state index contributed by atoms with van der Waals surface area (Å²) in [5.74, 6) is 1.28. The maximum absolute atomic E-state index is 12.3. The largest absolute Gasteiger partial charge is 0.356 e. The van der Waals surface area contributed by atoms with Crippen LogP contribution in [0.25, 0.3) is 11.0 Å². The number of aryl methyl sites for hydroxylation is 1. The minimum Gasteiger partial charge on any atom is -0.356 e. The second-order valence-electron chi connectivity index (χ2n) is 8.05. The van der Waals surface area contributed by atoms with Crippen LogP contribution in [-0.4, -0.2) is 34.0 Å². The van der Waals surface area contributed by atoms with E-state index in [0.717, 1.165) is 42.5 Å². The van der Waals surface area contributed by atoms with Gasteiger partial charge in [0.25, 0.3) is 0 Å². The number of carbonyl (C=O) groups is 2. The molecule has 3 rings (SSSR count). The van der Waals surface area contributed by atoms with Gasteiger partial charge in [0.1, 0.15) is 12.4 Å². The molecule has 2 N–H and O–H groups in total. The van der Waals surface area contributed by atoms with Crippen LogP contribution >= 0.6 is 0 Å². The van der Waals surface area contributed by atoms with Crippen LogP contribution in [0.1, 0.15) is 58.2 Å². The molecule has 28 heavy (non-hydrogen) atoms. The number of fused-ring (bicyclic) bond motifs is 1. The first kappa shape index (κ1) is 20.4. The highest BCUT2D eigenvalue weighted by Gasteiger charge is 2.20. The molecule has 6 nitrogen and oxygen atoms in total. The standard InChI is InChI=1S/C22H32N4O2/c1-16(2)24-21(27)15-26-19-12-7-6-11-18(19)25-20(26)13-8-14-23-22(28)17-9-4-3-5-10-17/h6-7,11-12,16-17H,3-5,8-10,13-15H2,1-2H3,(H,23,28)(H,24,27). The average molecular weight is 385 g/mol. The summed E-state index contributed by atoms with van der Waals surface area (Å²) in [5, 5.41) is 6.03. The van der Waals surface area contributed by atoms with Crippen LogP contribution in [0.3, 0.4) is 0 Å². The maximum atomic E-state index is 12.3. The van der Waals surface area contributed by atoms with E-state index in [9.17, 15) is 9.59 Å². The van der Waals surface area contributed by atoms with Gasteiger partial charge in [-0.05, 0) is 45.2 Å². The number of nitrogens with one attached hydrogen (secondary N) is 2. The van der Waals surface area contributed by atoms with Crippen molar-refractivity contribution in [3.63, 3.8) is 0 Å². The van der Waals surface area contributed by atoms with Gasteiger partial charge in [-0.15, -0.1) is 0 Å². The number of para-hydroxylation sites is 2. The predicted molar refractivity (Wildman–Crippen MR) is 111 cm³/mol. The molecule has 0 bridgehead atoms. The van der Waals surface area contributed by atoms with E-state index in [2.05, 4.69) is 10.6 Å². The highest BCUT2D eigenvalue weighted by molar-refractivity contribution is 5.81. The monoisotopic (exact) mass is 384 g/mol. The van der Waals surface area contributed by atoms with Crippen molar-refractivity contribution >= 4 is 22.8 Å². The fourth-order valence-corrected chi connectivity index (χ4v) is 3.97. The molecule has 1 heterocycles. The van der Waals surface area contributed by atoms with Crippen molar-refractivity contribution in [2.75, 3.05) is 6.54 Å². The van der Waals surface area contributed by atoms with E-state index >= 15 is 0 Å². The molecule has 1 aliphatic rings. The van der Waals surface area contributed by atoms with Crippen LogP contribution in [0.2, 0.25) is 0 Å². The van der Waals surface area contributed by atoms with Crippen LogP contribution in [-0.2, 0) is 22.6 Å². The molecule has 0 spiro atoms. The number of amides is 2. The third-order valence-electron chi connectivity index (χ3n) is 5.34. The lowest BCUT2D eigenvalue weighted by Gasteiger charge is -2.20. The lowest BCUT2D eigenvalue weighted by atomic mass is 9.89. The minimum absolute atomic E-state index is 0.00926. The summed E-state index contributed by atoms with van der Waals surface area (Å²) in [6.45, 7) is 4.83. The van der Waals surface area contributed by atoms with E-state index in [1.165, 1.54) is 19.3 Å². The number of hydrogen-bond donors (Lipinski definition) is 2. The first-order chi connectivity index (χ1) is 13.5. The van der Waals surface area contributed by atoms with Crippen LogP contribution in [0, 0.1) is 5.92 Å². The second-order valence-corrected chi connectivity index (χ2v) is 8.05. The Morgan fingerprint density at radius 2 is 1.93 bits per heavy atom. The van der Waals surface area contributed by atoms with Gasteiger partial charge in [0, 0.05) is 24.9 Å². The van der Waals surface area contributed by atoms with Crippen molar-refractivity contribution in [1.29, 1.82) is 0 Å². The Balaban J connectivity index is 1.59. The van der Waals surface area contributed by atoms with E-state index in [0.29, 0.717) is 6.54 Å². The molecule has 1 aromatic heterocycles. The number of hydrogen-bond acceptors (Lipinski definition) is 3. The van der Waals surface area contributed by atoms with Gasteiger partial charge < -0.3 is 15.2 Å². The summed E-state index contributed by atoms with van der Waals surface area (Å²) < 4.78 is 2.00. The third kappa shape index (κ3) is 5.33. The Kier molecular flexibility index (Phi) is 7.06. The first-order valence-electron chi connectivity index (χ1n) is 10.6. The molecular weight excluding hydrogens is 352 g/mol. The molecule has 1 aliphatic carbocycles. The summed E-state index contributed by atoms with van der Waals surface area (Å²) in [4.78, 5) is 29.3. The highest BCUT2D eigenvalue weighted by Crippen LogP contribution is 2.23. The van der Waals surface area contributed by atoms with Crippen LogP contribution in [0.4, 0.5) is 0 Å². The van der Waals surface area contributed by atoms with Crippen LogP contribution < -0.4 is 10.6 Å². The molecule has 0 aliphatic heterocycles. The summed E-state index contributed by atoms with van der Waals surface area (Å²) in [5.41, 5.74) is 1.88. The Morgan fingerprint density at radius 3 is 2.68 bits per heavy atom. The fraction of sp³-hybridized carbons (Fsp3) is 0.591. The predicted octanol–water partition coefficient (Wildman–Crippen LogP) is 3.19. The molecule has 0 unspecified atom stereocenters. The lowest BCUT2D eigenvalue weighted by molar-refractivity contribution is -0.126. The van der Waals surface area contributed by atoms with Gasteiger partial charge in [0.15, 0.2) is 0 Å². The topological polar surface area (TPSA) is 76.0 Å². The van der Waals surface area contributed by atoms with E-state index in [1.54, 1.807) is 0 Å². The third-order valence-corrected chi connectivity index (χ3v) is 5.34.